The van der Waals surface area contributed by atoms with Gasteiger partial charge in [0, 0.05) is 6.54 Å². The number of nitrogens with one attached hydrogen (secondary N) is 1. The number of hydrogen-bond acceptors (Lipinski definition) is 1. The Morgan fingerprint density at radius 3 is 2.54 bits per heavy atom. The highest BCUT2D eigenvalue weighted by Gasteiger charge is 2.19. The van der Waals surface area contributed by atoms with E-state index in [1.54, 1.807) is 0 Å². The Bertz CT molecular complexity index is 264. The van der Waals surface area contributed by atoms with E-state index in [1.807, 2.05) is 12.1 Å². The van der Waals surface area contributed by atoms with Crippen molar-refractivity contribution in [3.8, 4) is 0 Å². The summed E-state index contributed by atoms with van der Waals surface area (Å²) in [5, 5.41) is 3.36. The molecule has 0 radical (unpaired) electrons. The summed E-state index contributed by atoms with van der Waals surface area (Å²) < 4.78 is 12.5. The van der Waals surface area contributed by atoms with E-state index in [1.165, 1.54) is 25.0 Å². The van der Waals surface area contributed by atoms with Gasteiger partial charge in [-0.25, -0.2) is 4.39 Å². The minimum Gasteiger partial charge on any atom is -0.312 e. The molecular formula is C11H14FN. The van der Waals surface area contributed by atoms with Crippen LogP contribution in [0.3, 0.4) is 0 Å². The molecule has 1 saturated carbocycles. The molecule has 1 aliphatic rings. The van der Waals surface area contributed by atoms with Crippen LogP contribution in [-0.2, 0) is 6.54 Å². The smallest absolute Gasteiger partial charge is 0.123 e. The number of halogens is 1. The van der Waals surface area contributed by atoms with E-state index in [-0.39, 0.29) is 5.82 Å². The molecule has 1 N–H and O–H groups in total. The van der Waals surface area contributed by atoms with Crippen LogP contribution in [-0.4, -0.2) is 6.54 Å². The molecule has 0 saturated heterocycles. The van der Waals surface area contributed by atoms with E-state index >= 15 is 0 Å². The van der Waals surface area contributed by atoms with Crippen LogP contribution in [0.4, 0.5) is 4.39 Å². The van der Waals surface area contributed by atoms with Gasteiger partial charge < -0.3 is 5.32 Å². The van der Waals surface area contributed by atoms with Crippen molar-refractivity contribution in [2.45, 2.75) is 19.4 Å². The maximum absolute atomic E-state index is 12.5. The minimum absolute atomic E-state index is 0.161. The minimum atomic E-state index is -0.161. The van der Waals surface area contributed by atoms with Crippen molar-refractivity contribution in [2.75, 3.05) is 6.54 Å². The van der Waals surface area contributed by atoms with Crippen molar-refractivity contribution in [3.05, 3.63) is 35.6 Å². The Balaban J connectivity index is 1.76. The summed E-state index contributed by atoms with van der Waals surface area (Å²) in [7, 11) is 0. The third-order valence-electron chi connectivity index (χ3n) is 2.37. The van der Waals surface area contributed by atoms with E-state index in [4.69, 9.17) is 0 Å². The quantitative estimate of drug-likeness (QED) is 0.748. The van der Waals surface area contributed by atoms with E-state index in [0.29, 0.717) is 0 Å². The average molecular weight is 179 g/mol. The van der Waals surface area contributed by atoms with Crippen LogP contribution in [0.1, 0.15) is 18.4 Å². The lowest BCUT2D eigenvalue weighted by atomic mass is 10.2. The topological polar surface area (TPSA) is 12.0 Å². The van der Waals surface area contributed by atoms with E-state index in [2.05, 4.69) is 5.32 Å². The first kappa shape index (κ1) is 8.70. The van der Waals surface area contributed by atoms with Crippen molar-refractivity contribution < 1.29 is 4.39 Å². The normalized spacial score (nSPS) is 16.1. The van der Waals surface area contributed by atoms with Crippen molar-refractivity contribution >= 4 is 0 Å². The molecule has 13 heavy (non-hydrogen) atoms. The number of hydrogen-bond donors (Lipinski definition) is 1. The molecule has 70 valence electrons. The van der Waals surface area contributed by atoms with Crippen LogP contribution in [0.15, 0.2) is 24.3 Å². The van der Waals surface area contributed by atoms with Crippen molar-refractivity contribution in [1.82, 2.24) is 5.32 Å². The van der Waals surface area contributed by atoms with Gasteiger partial charge in [0.15, 0.2) is 0 Å². The summed E-state index contributed by atoms with van der Waals surface area (Å²) in [5.41, 5.74) is 1.15. The maximum atomic E-state index is 12.5. The van der Waals surface area contributed by atoms with Crippen molar-refractivity contribution in [2.24, 2.45) is 5.92 Å². The van der Waals surface area contributed by atoms with Crippen LogP contribution in [0.25, 0.3) is 0 Å². The summed E-state index contributed by atoms with van der Waals surface area (Å²) in [6.07, 6.45) is 2.74. The highest BCUT2D eigenvalue weighted by Crippen LogP contribution is 2.27. The van der Waals surface area contributed by atoms with E-state index in [9.17, 15) is 4.39 Å². The molecule has 0 spiro atoms. The first-order valence-electron chi connectivity index (χ1n) is 4.80. The Morgan fingerprint density at radius 2 is 1.92 bits per heavy atom. The summed E-state index contributed by atoms with van der Waals surface area (Å²) in [5.74, 6) is 0.742. The van der Waals surface area contributed by atoms with Crippen LogP contribution < -0.4 is 5.32 Å². The summed E-state index contributed by atoms with van der Waals surface area (Å²) >= 11 is 0. The van der Waals surface area contributed by atoms with Crippen LogP contribution in [0.5, 0.6) is 0 Å². The van der Waals surface area contributed by atoms with Gasteiger partial charge in [-0.05, 0) is 43.0 Å². The second kappa shape index (κ2) is 3.88. The molecular weight excluding hydrogens is 165 g/mol. The molecule has 0 aromatic heterocycles. The molecule has 0 amide bonds. The molecule has 0 unspecified atom stereocenters. The first-order valence-corrected chi connectivity index (χ1v) is 4.80. The highest BCUT2D eigenvalue weighted by molar-refractivity contribution is 5.15. The van der Waals surface area contributed by atoms with Gasteiger partial charge in [-0.15, -0.1) is 0 Å². The van der Waals surface area contributed by atoms with Gasteiger partial charge >= 0.3 is 0 Å². The number of benzene rings is 1. The Morgan fingerprint density at radius 1 is 1.23 bits per heavy atom. The Kier molecular flexibility index (Phi) is 2.60. The Hall–Kier alpha value is -0.890. The fourth-order valence-corrected chi connectivity index (χ4v) is 1.34. The van der Waals surface area contributed by atoms with Gasteiger partial charge in [0.2, 0.25) is 0 Å². The van der Waals surface area contributed by atoms with Gasteiger partial charge in [-0.1, -0.05) is 12.1 Å². The zero-order valence-electron chi connectivity index (χ0n) is 7.59. The first-order chi connectivity index (χ1) is 6.34. The predicted octanol–water partition coefficient (Wildman–Crippen LogP) is 2.33. The monoisotopic (exact) mass is 179 g/mol. The van der Waals surface area contributed by atoms with Crippen LogP contribution in [0, 0.1) is 11.7 Å². The molecule has 2 heteroatoms. The second-order valence-electron chi connectivity index (χ2n) is 3.70. The molecule has 1 aromatic carbocycles. The summed E-state index contributed by atoms with van der Waals surface area (Å²) in [6.45, 7) is 1.97. The van der Waals surface area contributed by atoms with Crippen LogP contribution in [0.2, 0.25) is 0 Å². The lowest BCUT2D eigenvalue weighted by molar-refractivity contribution is 0.620. The zero-order chi connectivity index (χ0) is 9.10. The zero-order valence-corrected chi connectivity index (χ0v) is 7.59. The molecule has 1 fully saturated rings. The summed E-state index contributed by atoms with van der Waals surface area (Å²) in [4.78, 5) is 0. The standard InChI is InChI=1S/C11H14FN/c12-11-5-3-10(4-6-11)8-13-7-9-1-2-9/h3-6,9,13H,1-2,7-8H2. The number of rotatable bonds is 4. The third-order valence-corrected chi connectivity index (χ3v) is 2.37. The lowest BCUT2D eigenvalue weighted by Crippen LogP contribution is -2.15. The van der Waals surface area contributed by atoms with Crippen molar-refractivity contribution in [3.63, 3.8) is 0 Å². The third kappa shape index (κ3) is 2.81. The fraction of sp³-hybridized carbons (Fsp3) is 0.455. The lowest BCUT2D eigenvalue weighted by Gasteiger charge is -2.02. The molecule has 1 nitrogen and oxygen atoms in total. The van der Waals surface area contributed by atoms with E-state index < -0.39 is 0 Å². The van der Waals surface area contributed by atoms with Gasteiger partial charge in [-0.2, -0.15) is 0 Å². The fourth-order valence-electron chi connectivity index (χ4n) is 1.34. The molecule has 1 aromatic rings. The highest BCUT2D eigenvalue weighted by atomic mass is 19.1. The molecule has 0 aliphatic heterocycles. The van der Waals surface area contributed by atoms with Gasteiger partial charge in [0.1, 0.15) is 5.82 Å². The largest absolute Gasteiger partial charge is 0.312 e. The SMILES string of the molecule is Fc1ccc(CNCC2CC2)cc1. The predicted molar refractivity (Wildman–Crippen MR) is 50.8 cm³/mol. The summed E-state index contributed by atoms with van der Waals surface area (Å²) in [6, 6.07) is 6.67. The maximum Gasteiger partial charge on any atom is 0.123 e. The molecule has 0 bridgehead atoms. The van der Waals surface area contributed by atoms with Gasteiger partial charge in [0.05, 0.1) is 0 Å². The molecule has 1 aliphatic carbocycles. The van der Waals surface area contributed by atoms with Crippen molar-refractivity contribution in [1.29, 1.82) is 0 Å². The molecule has 0 atom stereocenters. The second-order valence-corrected chi connectivity index (χ2v) is 3.70. The average Bonchev–Trinajstić information content (AvgIpc) is 2.92. The van der Waals surface area contributed by atoms with E-state index in [0.717, 1.165) is 24.6 Å². The van der Waals surface area contributed by atoms with Gasteiger partial charge in [0.25, 0.3) is 0 Å². The van der Waals surface area contributed by atoms with Crippen LogP contribution >= 0.6 is 0 Å². The molecule has 2 rings (SSSR count). The molecule has 0 heterocycles. The van der Waals surface area contributed by atoms with Gasteiger partial charge in [-0.3, -0.25) is 0 Å². The Labute approximate surface area is 78.0 Å².